The van der Waals surface area contributed by atoms with Gasteiger partial charge in [-0.3, -0.25) is 0 Å². The molecule has 0 bridgehead atoms. The third kappa shape index (κ3) is 5.86. The Hall–Kier alpha value is -1.92. The zero-order chi connectivity index (χ0) is 23.7. The molecule has 0 aliphatic rings. The van der Waals surface area contributed by atoms with Crippen LogP contribution in [0.3, 0.4) is 0 Å². The van der Waals surface area contributed by atoms with Crippen molar-refractivity contribution in [3.05, 3.63) is 15.3 Å². The van der Waals surface area contributed by atoms with Gasteiger partial charge in [-0.05, 0) is 36.7 Å². The molecular weight excluding hydrogens is 519 g/mol. The molecule has 1 aromatic heterocycles. The highest BCUT2D eigenvalue weighted by Crippen LogP contribution is 2.44. The number of hydrogen-bond donors (Lipinski definition) is 1. The van der Waals surface area contributed by atoms with Gasteiger partial charge in [0.05, 0.1) is 17.0 Å². The minimum atomic E-state index is -3.86. The van der Waals surface area contributed by atoms with Crippen LogP contribution in [0.15, 0.2) is 9.63 Å². The summed E-state index contributed by atoms with van der Waals surface area (Å²) in [7, 11) is -0.927. The fourth-order valence-electron chi connectivity index (χ4n) is 2.59. The molecule has 1 amide bonds. The minimum Gasteiger partial charge on any atom is -0.494 e. The second-order valence-corrected chi connectivity index (χ2v) is 10.7. The van der Waals surface area contributed by atoms with Crippen LogP contribution >= 0.6 is 27.5 Å². The van der Waals surface area contributed by atoms with E-state index < -0.39 is 32.5 Å². The van der Waals surface area contributed by atoms with Gasteiger partial charge in [-0.1, -0.05) is 11.6 Å². The van der Waals surface area contributed by atoms with Crippen LogP contribution in [-0.4, -0.2) is 63.6 Å². The number of methoxy groups -OCH3 is 1. The highest BCUT2D eigenvalue weighted by molar-refractivity contribution is 9.10. The molecule has 0 saturated heterocycles. The number of fused-ring (bicyclic) bond motifs is 1. The van der Waals surface area contributed by atoms with Gasteiger partial charge in [0.15, 0.2) is 11.6 Å². The number of amides is 1. The molecule has 172 valence electrons. The number of hydrogen-bond acceptors (Lipinski definition) is 8. The van der Waals surface area contributed by atoms with Crippen LogP contribution in [0.2, 0.25) is 5.02 Å². The second kappa shape index (κ2) is 9.29. The number of aromatic nitrogens is 2. The van der Waals surface area contributed by atoms with Crippen molar-refractivity contribution < 1.29 is 27.1 Å². The molecule has 0 saturated carbocycles. The Morgan fingerprint density at radius 3 is 2.45 bits per heavy atom. The van der Waals surface area contributed by atoms with E-state index in [9.17, 15) is 17.6 Å². The molecule has 9 nitrogen and oxygen atoms in total. The average Bonchev–Trinajstić information content (AvgIpc) is 2.63. The van der Waals surface area contributed by atoms with Crippen molar-refractivity contribution in [3.63, 3.8) is 0 Å². The van der Waals surface area contributed by atoms with Crippen molar-refractivity contribution >= 4 is 60.2 Å². The Balaban J connectivity index is 2.53. The van der Waals surface area contributed by atoms with Gasteiger partial charge in [0.1, 0.15) is 22.0 Å². The maximum Gasteiger partial charge on any atom is 0.407 e. The number of ether oxygens (including phenoxy) is 2. The Kier molecular flexibility index (Phi) is 7.59. The SMILES string of the molecule is COc1c(Cl)c(Br)c(F)c2nc(S(C)(=O)=O)nc(N(C)CCNC(=O)OC(C)(C)C)c12. The van der Waals surface area contributed by atoms with E-state index in [0.717, 1.165) is 6.26 Å². The molecule has 1 heterocycles. The monoisotopic (exact) mass is 540 g/mol. The van der Waals surface area contributed by atoms with Crippen molar-refractivity contribution in [2.24, 2.45) is 0 Å². The minimum absolute atomic E-state index is 0.0512. The molecule has 1 aromatic carbocycles. The Labute approximate surface area is 193 Å². The number of carbonyl (C=O) groups excluding carboxylic acids is 1. The van der Waals surface area contributed by atoms with Crippen molar-refractivity contribution in [3.8, 4) is 5.75 Å². The summed E-state index contributed by atoms with van der Waals surface area (Å²) in [6.07, 6.45) is 0.308. The number of likely N-dealkylation sites (N-methyl/N-ethyl adjacent to an activating group) is 1. The van der Waals surface area contributed by atoms with E-state index in [1.165, 1.54) is 12.0 Å². The predicted octanol–water partition coefficient (Wildman–Crippen LogP) is 3.56. The highest BCUT2D eigenvalue weighted by Gasteiger charge is 2.27. The average molecular weight is 542 g/mol. The van der Waals surface area contributed by atoms with Crippen molar-refractivity contribution in [1.29, 1.82) is 0 Å². The maximum absolute atomic E-state index is 14.9. The van der Waals surface area contributed by atoms with E-state index in [1.807, 2.05) is 0 Å². The zero-order valence-corrected chi connectivity index (χ0v) is 21.0. The Morgan fingerprint density at radius 2 is 1.94 bits per heavy atom. The van der Waals surface area contributed by atoms with Crippen LogP contribution < -0.4 is 15.0 Å². The van der Waals surface area contributed by atoms with Crippen LogP contribution in [-0.2, 0) is 14.6 Å². The maximum atomic E-state index is 14.9. The molecule has 2 aromatic rings. The first kappa shape index (κ1) is 25.3. The molecule has 0 aliphatic carbocycles. The lowest BCUT2D eigenvalue weighted by molar-refractivity contribution is 0.0529. The summed E-state index contributed by atoms with van der Waals surface area (Å²) in [4.78, 5) is 21.4. The molecular formula is C18H23BrClFN4O5S. The van der Waals surface area contributed by atoms with Crippen molar-refractivity contribution in [1.82, 2.24) is 15.3 Å². The first-order chi connectivity index (χ1) is 14.2. The quantitative estimate of drug-likeness (QED) is 0.437. The molecule has 13 heteroatoms. The number of anilines is 1. The van der Waals surface area contributed by atoms with Gasteiger partial charge >= 0.3 is 6.09 Å². The highest BCUT2D eigenvalue weighted by atomic mass is 79.9. The fraction of sp³-hybridized carbons (Fsp3) is 0.500. The number of benzene rings is 1. The third-order valence-corrected chi connectivity index (χ3v) is 6.08. The van der Waals surface area contributed by atoms with Gasteiger partial charge < -0.3 is 19.7 Å². The third-order valence-electron chi connectivity index (χ3n) is 3.90. The van der Waals surface area contributed by atoms with E-state index in [-0.39, 0.29) is 45.1 Å². The first-order valence-corrected chi connectivity index (χ1v) is 12.0. The van der Waals surface area contributed by atoms with Crippen LogP contribution in [0, 0.1) is 5.82 Å². The molecule has 0 spiro atoms. The van der Waals surface area contributed by atoms with Crippen molar-refractivity contribution in [2.75, 3.05) is 38.4 Å². The predicted molar refractivity (Wildman–Crippen MR) is 119 cm³/mol. The summed E-state index contributed by atoms with van der Waals surface area (Å²) in [6.45, 7) is 5.54. The smallest absolute Gasteiger partial charge is 0.407 e. The number of rotatable bonds is 6. The van der Waals surface area contributed by atoms with Gasteiger partial charge in [-0.25, -0.2) is 27.6 Å². The zero-order valence-electron chi connectivity index (χ0n) is 17.8. The van der Waals surface area contributed by atoms with Crippen molar-refractivity contribution in [2.45, 2.75) is 31.5 Å². The Morgan fingerprint density at radius 1 is 1.32 bits per heavy atom. The topological polar surface area (TPSA) is 111 Å². The molecule has 1 N–H and O–H groups in total. The number of carbonyl (C=O) groups is 1. The molecule has 2 rings (SSSR count). The van der Waals surface area contributed by atoms with Gasteiger partial charge in [-0.15, -0.1) is 0 Å². The molecule has 0 aliphatic heterocycles. The summed E-state index contributed by atoms with van der Waals surface area (Å²) in [5.74, 6) is -0.705. The van der Waals surface area contributed by atoms with Crippen LogP contribution in [0.25, 0.3) is 10.9 Å². The first-order valence-electron chi connectivity index (χ1n) is 8.97. The number of sulfone groups is 1. The normalized spacial score (nSPS) is 12.0. The van der Waals surface area contributed by atoms with E-state index >= 15 is 0 Å². The van der Waals surface area contributed by atoms with E-state index in [4.69, 9.17) is 21.1 Å². The molecule has 0 radical (unpaired) electrons. The Bertz CT molecular complexity index is 1120. The summed E-state index contributed by atoms with van der Waals surface area (Å²) in [5, 5.41) is 2.08. The summed E-state index contributed by atoms with van der Waals surface area (Å²) < 4.78 is 49.5. The molecule has 0 fully saturated rings. The van der Waals surface area contributed by atoms with E-state index in [1.54, 1.807) is 27.8 Å². The second-order valence-electron chi connectivity index (χ2n) is 7.65. The summed E-state index contributed by atoms with van der Waals surface area (Å²) >= 11 is 9.25. The standard InChI is InChI=1S/C18H23BrClFN4O5S/c1-18(2,3)30-17(26)22-7-8-25(4)15-9-13(23-16(24-15)31(6,27)28)12(21)10(19)11(20)14(9)29-5/h7-8H2,1-6H3,(H,22,26). The number of halogens is 3. The van der Waals surface area contributed by atoms with Gasteiger partial charge in [0.2, 0.25) is 15.0 Å². The summed E-state index contributed by atoms with van der Waals surface area (Å²) in [5.41, 5.74) is -0.927. The number of nitrogens with zero attached hydrogens (tertiary/aromatic N) is 3. The lowest BCUT2D eigenvalue weighted by atomic mass is 10.2. The van der Waals surface area contributed by atoms with Crippen LogP contribution in [0.5, 0.6) is 5.75 Å². The van der Waals surface area contributed by atoms with Crippen LogP contribution in [0.1, 0.15) is 20.8 Å². The largest absolute Gasteiger partial charge is 0.494 e. The van der Waals surface area contributed by atoms with Gasteiger partial charge in [0.25, 0.3) is 0 Å². The number of alkyl carbamates (subject to hydrolysis) is 1. The van der Waals surface area contributed by atoms with E-state index in [2.05, 4.69) is 31.2 Å². The van der Waals surface area contributed by atoms with Gasteiger partial charge in [-0.2, -0.15) is 0 Å². The lowest BCUT2D eigenvalue weighted by Gasteiger charge is -2.23. The summed E-state index contributed by atoms with van der Waals surface area (Å²) in [6, 6.07) is 0. The van der Waals surface area contributed by atoms with E-state index in [0.29, 0.717) is 0 Å². The molecule has 31 heavy (non-hydrogen) atoms. The number of nitrogens with one attached hydrogen (secondary N) is 1. The molecule has 0 atom stereocenters. The van der Waals surface area contributed by atoms with Crippen LogP contribution in [0.4, 0.5) is 15.0 Å². The fourth-order valence-corrected chi connectivity index (χ4v) is 3.72. The molecule has 0 unspecified atom stereocenters. The lowest BCUT2D eigenvalue weighted by Crippen LogP contribution is -2.37. The van der Waals surface area contributed by atoms with Gasteiger partial charge in [0, 0.05) is 26.4 Å².